The molecule has 0 aromatic rings. The first-order valence-electron chi connectivity index (χ1n) is 3.13. The Kier molecular flexibility index (Phi) is 5.46. The van der Waals surface area contributed by atoms with Gasteiger partial charge in [0.1, 0.15) is 21.3 Å². The summed E-state index contributed by atoms with van der Waals surface area (Å²) < 4.78 is 13.3. The molecular formula is C8H12O3. The first-order valence-corrected chi connectivity index (χ1v) is 3.13. The molecule has 0 heterocycles. The molecule has 0 amide bonds. The van der Waals surface area contributed by atoms with Gasteiger partial charge in [-0.15, -0.1) is 0 Å². The summed E-state index contributed by atoms with van der Waals surface area (Å²) >= 11 is 0. The zero-order chi connectivity index (χ0) is 8.74. The van der Waals surface area contributed by atoms with Gasteiger partial charge in [-0.25, -0.2) is 0 Å². The molecule has 0 aliphatic carbocycles. The first kappa shape index (κ1) is 10.9. The first-order chi connectivity index (χ1) is 5.18. The van der Waals surface area contributed by atoms with Crippen molar-refractivity contribution in [3.05, 3.63) is 21.3 Å². The maximum absolute atomic E-state index is 4.88. The van der Waals surface area contributed by atoms with E-state index in [1.165, 1.54) is 0 Å². The molecule has 0 N–H and O–H groups in total. The van der Waals surface area contributed by atoms with Crippen molar-refractivity contribution in [3.63, 3.8) is 0 Å². The Morgan fingerprint density at radius 1 is 0.909 bits per heavy atom. The van der Waals surface area contributed by atoms with Gasteiger partial charge in [0.25, 0.3) is 0 Å². The second kappa shape index (κ2) is 5.52. The molecule has 0 fully saturated rings. The Morgan fingerprint density at radius 3 is 1.36 bits per heavy atom. The van der Waals surface area contributed by atoms with Crippen molar-refractivity contribution in [2.45, 2.75) is 6.92 Å². The lowest BCUT2D eigenvalue weighted by atomic mass is 9.94. The van der Waals surface area contributed by atoms with Crippen LogP contribution >= 0.6 is 0 Å². The molecule has 3 nitrogen and oxygen atoms in total. The summed E-state index contributed by atoms with van der Waals surface area (Å²) in [6, 6.07) is 0. The molecule has 62 valence electrons. The summed E-state index contributed by atoms with van der Waals surface area (Å²) in [4.78, 5) is 0. The summed E-state index contributed by atoms with van der Waals surface area (Å²) in [6.07, 6.45) is 0. The summed E-state index contributed by atoms with van der Waals surface area (Å²) in [5.41, 5.74) is -0.391. The van der Waals surface area contributed by atoms with E-state index in [1.54, 1.807) is 0 Å². The molecule has 0 spiro atoms. The summed E-state index contributed by atoms with van der Waals surface area (Å²) in [5.74, 6) is 0. The van der Waals surface area contributed by atoms with Crippen LogP contribution in [-0.2, 0) is 14.2 Å². The van der Waals surface area contributed by atoms with Crippen molar-refractivity contribution >= 4 is 0 Å². The smallest absolute Gasteiger partial charge is 0.115 e. The molecular weight excluding hydrogens is 144 g/mol. The van der Waals surface area contributed by atoms with Gasteiger partial charge < -0.3 is 14.2 Å². The lowest BCUT2D eigenvalue weighted by molar-refractivity contribution is -0.00173. The molecule has 0 atom stereocenters. The predicted molar refractivity (Wildman–Crippen MR) is 38.9 cm³/mol. The fourth-order valence-corrected chi connectivity index (χ4v) is 0.729. The Hall–Kier alpha value is -0.120. The van der Waals surface area contributed by atoms with Crippen molar-refractivity contribution < 1.29 is 14.2 Å². The van der Waals surface area contributed by atoms with Gasteiger partial charge in [-0.3, -0.25) is 0 Å². The second-order valence-corrected chi connectivity index (χ2v) is 2.74. The Balaban J connectivity index is 3.79. The monoisotopic (exact) mass is 156 g/mol. The van der Waals surface area contributed by atoms with Crippen LogP contribution in [0.5, 0.6) is 0 Å². The van der Waals surface area contributed by atoms with Crippen LogP contribution in [0, 0.1) is 26.7 Å². The Morgan fingerprint density at radius 2 is 1.18 bits per heavy atom. The van der Waals surface area contributed by atoms with Gasteiger partial charge in [0.15, 0.2) is 0 Å². The van der Waals surface area contributed by atoms with E-state index in [1.807, 2.05) is 6.92 Å². The Bertz CT molecular complexity index is 76.3. The van der Waals surface area contributed by atoms with Gasteiger partial charge in [0, 0.05) is 5.41 Å². The zero-order valence-electron chi connectivity index (χ0n) is 6.58. The highest BCUT2D eigenvalue weighted by Gasteiger charge is 2.24. The van der Waals surface area contributed by atoms with E-state index in [-0.39, 0.29) is 19.8 Å². The van der Waals surface area contributed by atoms with Crippen LogP contribution in [0.15, 0.2) is 0 Å². The third kappa shape index (κ3) is 4.35. The molecule has 0 aromatic carbocycles. The maximum atomic E-state index is 4.88. The highest BCUT2D eigenvalue weighted by molar-refractivity contribution is 4.73. The van der Waals surface area contributed by atoms with Crippen molar-refractivity contribution in [1.82, 2.24) is 0 Å². The van der Waals surface area contributed by atoms with Gasteiger partial charge in [-0.2, -0.15) is 0 Å². The average molecular weight is 156 g/mol. The largest absolute Gasteiger partial charge is 0.372 e. The normalized spacial score (nSPS) is 12.0. The van der Waals surface area contributed by atoms with E-state index >= 15 is 0 Å². The van der Waals surface area contributed by atoms with Gasteiger partial charge >= 0.3 is 0 Å². The molecule has 3 heteroatoms. The van der Waals surface area contributed by atoms with Gasteiger partial charge in [-0.1, -0.05) is 6.92 Å². The third-order valence-corrected chi connectivity index (χ3v) is 1.30. The quantitative estimate of drug-likeness (QED) is 0.575. The SMILES string of the molecule is [CH]OCC(C)(CO[CH])CO[CH]. The van der Waals surface area contributed by atoms with Gasteiger partial charge in [0.2, 0.25) is 0 Å². The van der Waals surface area contributed by atoms with E-state index in [0.717, 1.165) is 0 Å². The molecule has 0 saturated carbocycles. The molecule has 6 radical (unpaired) electrons. The lowest BCUT2D eigenvalue weighted by Crippen LogP contribution is -2.32. The van der Waals surface area contributed by atoms with Crippen LogP contribution in [0.2, 0.25) is 0 Å². The van der Waals surface area contributed by atoms with Crippen molar-refractivity contribution in [2.75, 3.05) is 19.8 Å². The molecule has 0 aromatic heterocycles. The van der Waals surface area contributed by atoms with E-state index < -0.39 is 5.41 Å². The second-order valence-electron chi connectivity index (χ2n) is 2.74. The number of ether oxygens (including phenoxy) is 3. The third-order valence-electron chi connectivity index (χ3n) is 1.30. The standard InChI is InChI=1S/C8H12O3/c1-8(5-9-2,6-10-3)7-11-4/h2-4H,5-7H2,1H3. The van der Waals surface area contributed by atoms with E-state index in [4.69, 9.17) is 21.3 Å². The predicted octanol–water partition coefficient (Wildman–Crippen LogP) is 1.05. The molecule has 0 aliphatic rings. The van der Waals surface area contributed by atoms with E-state index in [9.17, 15) is 0 Å². The summed E-state index contributed by atoms with van der Waals surface area (Å²) in [6.45, 7) is 2.67. The zero-order valence-corrected chi connectivity index (χ0v) is 6.58. The summed E-state index contributed by atoms with van der Waals surface area (Å²) in [7, 11) is 14.6. The minimum Gasteiger partial charge on any atom is -0.372 e. The molecule has 0 rings (SSSR count). The number of rotatable bonds is 6. The highest BCUT2D eigenvalue weighted by Crippen LogP contribution is 2.17. The fourth-order valence-electron chi connectivity index (χ4n) is 0.729. The average Bonchev–Trinajstić information content (AvgIpc) is 1.88. The molecule has 0 saturated heterocycles. The van der Waals surface area contributed by atoms with Crippen LogP contribution in [0.25, 0.3) is 0 Å². The van der Waals surface area contributed by atoms with Crippen LogP contribution < -0.4 is 0 Å². The minimum atomic E-state index is -0.391. The van der Waals surface area contributed by atoms with Gasteiger partial charge in [0.05, 0.1) is 19.8 Å². The van der Waals surface area contributed by atoms with Crippen LogP contribution in [0.3, 0.4) is 0 Å². The van der Waals surface area contributed by atoms with Crippen LogP contribution in [0.4, 0.5) is 0 Å². The minimum absolute atomic E-state index is 0.279. The maximum Gasteiger partial charge on any atom is 0.115 e. The van der Waals surface area contributed by atoms with Crippen LogP contribution in [-0.4, -0.2) is 19.8 Å². The topological polar surface area (TPSA) is 27.7 Å². The fraction of sp³-hybridized carbons (Fsp3) is 0.625. The lowest BCUT2D eigenvalue weighted by Gasteiger charge is -2.26. The number of hydrogen-bond donors (Lipinski definition) is 0. The Labute approximate surface area is 68.6 Å². The van der Waals surface area contributed by atoms with Crippen molar-refractivity contribution in [1.29, 1.82) is 0 Å². The van der Waals surface area contributed by atoms with Crippen molar-refractivity contribution in [2.24, 2.45) is 5.41 Å². The molecule has 0 unspecified atom stereocenters. The van der Waals surface area contributed by atoms with E-state index in [2.05, 4.69) is 14.2 Å². The molecule has 0 bridgehead atoms. The van der Waals surface area contributed by atoms with E-state index in [0.29, 0.717) is 0 Å². The van der Waals surface area contributed by atoms with Gasteiger partial charge in [-0.05, 0) is 0 Å². The summed E-state index contributed by atoms with van der Waals surface area (Å²) in [5, 5.41) is 0. The molecule has 0 aliphatic heterocycles. The number of hydrogen-bond acceptors (Lipinski definition) is 3. The van der Waals surface area contributed by atoms with Crippen LogP contribution in [0.1, 0.15) is 6.92 Å². The molecule has 11 heavy (non-hydrogen) atoms. The highest BCUT2D eigenvalue weighted by atomic mass is 16.5. The van der Waals surface area contributed by atoms with Crippen molar-refractivity contribution in [3.8, 4) is 0 Å².